The molecule has 4 amide bonds. The number of rotatable bonds is 7. The minimum atomic E-state index is -0.318. The summed E-state index contributed by atoms with van der Waals surface area (Å²) in [6.07, 6.45) is 4.68. The van der Waals surface area contributed by atoms with Crippen LogP contribution >= 0.6 is 0 Å². The molecular weight excluding hydrogens is 332 g/mol. The molecule has 1 aromatic carbocycles. The van der Waals surface area contributed by atoms with Crippen molar-refractivity contribution in [3.05, 3.63) is 29.8 Å². The molecule has 0 bridgehead atoms. The van der Waals surface area contributed by atoms with Gasteiger partial charge in [-0.15, -0.1) is 0 Å². The number of hydrogen-bond donors (Lipinski definition) is 4. The Morgan fingerprint density at radius 1 is 1.15 bits per heavy atom. The summed E-state index contributed by atoms with van der Waals surface area (Å²) in [5.74, 6) is -0.301. The van der Waals surface area contributed by atoms with Crippen molar-refractivity contribution in [2.75, 3.05) is 11.9 Å². The molecule has 142 valence electrons. The third-order valence-electron chi connectivity index (χ3n) is 4.16. The van der Waals surface area contributed by atoms with E-state index >= 15 is 0 Å². The van der Waals surface area contributed by atoms with Gasteiger partial charge in [0.15, 0.2) is 0 Å². The lowest BCUT2D eigenvalue weighted by atomic mass is 10.2. The van der Waals surface area contributed by atoms with Crippen LogP contribution in [0.25, 0.3) is 0 Å². The van der Waals surface area contributed by atoms with Gasteiger partial charge in [-0.3, -0.25) is 9.59 Å². The van der Waals surface area contributed by atoms with Crippen LogP contribution in [0.15, 0.2) is 24.3 Å². The maximum Gasteiger partial charge on any atom is 0.319 e. The smallest absolute Gasteiger partial charge is 0.319 e. The predicted octanol–water partition coefficient (Wildman–Crippen LogP) is 2.40. The van der Waals surface area contributed by atoms with Crippen LogP contribution < -0.4 is 21.3 Å². The molecule has 26 heavy (non-hydrogen) atoms. The summed E-state index contributed by atoms with van der Waals surface area (Å²) < 4.78 is 0. The highest BCUT2D eigenvalue weighted by molar-refractivity contribution is 5.97. The highest BCUT2D eigenvalue weighted by Gasteiger charge is 2.17. The second-order valence-electron chi connectivity index (χ2n) is 6.89. The molecule has 7 heteroatoms. The first-order chi connectivity index (χ1) is 12.4. The van der Waals surface area contributed by atoms with Gasteiger partial charge in [0.1, 0.15) is 0 Å². The molecule has 0 heterocycles. The molecule has 0 radical (unpaired) electrons. The van der Waals surface area contributed by atoms with Crippen molar-refractivity contribution in [2.24, 2.45) is 0 Å². The zero-order valence-electron chi connectivity index (χ0n) is 15.4. The number of nitrogens with one attached hydrogen (secondary N) is 4. The second-order valence-corrected chi connectivity index (χ2v) is 6.89. The van der Waals surface area contributed by atoms with Crippen LogP contribution in [-0.4, -0.2) is 36.5 Å². The lowest BCUT2D eigenvalue weighted by molar-refractivity contribution is -0.121. The van der Waals surface area contributed by atoms with E-state index in [4.69, 9.17) is 0 Å². The average molecular weight is 360 g/mol. The molecule has 1 aliphatic rings. The van der Waals surface area contributed by atoms with Crippen molar-refractivity contribution in [1.82, 2.24) is 16.0 Å². The average Bonchev–Trinajstić information content (AvgIpc) is 3.07. The number of anilines is 1. The molecule has 0 aliphatic heterocycles. The predicted molar refractivity (Wildman–Crippen MR) is 101 cm³/mol. The number of urea groups is 1. The van der Waals surface area contributed by atoms with Crippen molar-refractivity contribution >= 4 is 23.5 Å². The first-order valence-corrected chi connectivity index (χ1v) is 9.19. The van der Waals surface area contributed by atoms with E-state index in [9.17, 15) is 14.4 Å². The maximum absolute atomic E-state index is 12.2. The fraction of sp³-hybridized carbons (Fsp3) is 0.526. The van der Waals surface area contributed by atoms with Crippen LogP contribution in [0.2, 0.25) is 0 Å². The number of benzene rings is 1. The minimum absolute atomic E-state index is 0.0249. The van der Waals surface area contributed by atoms with E-state index in [0.717, 1.165) is 12.8 Å². The Bertz CT molecular complexity index is 639. The molecule has 1 aliphatic carbocycles. The summed E-state index contributed by atoms with van der Waals surface area (Å²) in [7, 11) is 0. The fourth-order valence-corrected chi connectivity index (χ4v) is 2.93. The highest BCUT2D eigenvalue weighted by Crippen LogP contribution is 2.17. The molecule has 4 N–H and O–H groups in total. The van der Waals surface area contributed by atoms with Gasteiger partial charge < -0.3 is 21.3 Å². The Kier molecular flexibility index (Phi) is 7.44. The standard InChI is InChI=1S/C19H28N4O3/c1-13(2)21-19(26)23-16-9-5-6-14(12-16)18(25)20-11-10-17(24)22-15-7-3-4-8-15/h5-6,9,12-13,15H,3-4,7-8,10-11H2,1-2H3,(H,20,25)(H,22,24)(H2,21,23,26). The van der Waals surface area contributed by atoms with Gasteiger partial charge >= 0.3 is 6.03 Å². The maximum atomic E-state index is 12.2. The molecule has 7 nitrogen and oxygen atoms in total. The Balaban J connectivity index is 1.77. The summed E-state index contributed by atoms with van der Waals surface area (Å²) in [6, 6.07) is 6.68. The summed E-state index contributed by atoms with van der Waals surface area (Å²) >= 11 is 0. The summed E-state index contributed by atoms with van der Waals surface area (Å²) in [4.78, 5) is 35.8. The van der Waals surface area contributed by atoms with Gasteiger partial charge in [-0.25, -0.2) is 4.79 Å². The van der Waals surface area contributed by atoms with Crippen molar-refractivity contribution in [3.63, 3.8) is 0 Å². The van der Waals surface area contributed by atoms with E-state index in [1.54, 1.807) is 24.3 Å². The number of hydrogen-bond acceptors (Lipinski definition) is 3. The van der Waals surface area contributed by atoms with Crippen LogP contribution in [0.5, 0.6) is 0 Å². The molecule has 1 fully saturated rings. The van der Waals surface area contributed by atoms with Crippen LogP contribution in [0.3, 0.4) is 0 Å². The molecule has 0 unspecified atom stereocenters. The Labute approximate surface area is 154 Å². The van der Waals surface area contributed by atoms with E-state index in [-0.39, 0.29) is 42.9 Å². The van der Waals surface area contributed by atoms with Crippen LogP contribution in [0.1, 0.15) is 56.3 Å². The van der Waals surface area contributed by atoms with Crippen LogP contribution in [0.4, 0.5) is 10.5 Å². The minimum Gasteiger partial charge on any atom is -0.353 e. The molecule has 2 rings (SSSR count). The van der Waals surface area contributed by atoms with Gasteiger partial charge in [0.25, 0.3) is 5.91 Å². The molecule has 1 aromatic rings. The van der Waals surface area contributed by atoms with Gasteiger partial charge in [-0.2, -0.15) is 0 Å². The number of carbonyl (C=O) groups excluding carboxylic acids is 3. The van der Waals surface area contributed by atoms with E-state index in [0.29, 0.717) is 11.3 Å². The molecule has 1 saturated carbocycles. The molecular formula is C19H28N4O3. The first-order valence-electron chi connectivity index (χ1n) is 9.19. The SMILES string of the molecule is CC(C)NC(=O)Nc1cccc(C(=O)NCCC(=O)NC2CCCC2)c1. The van der Waals surface area contributed by atoms with Crippen LogP contribution in [-0.2, 0) is 4.79 Å². The first kappa shape index (κ1) is 19.8. The van der Waals surface area contributed by atoms with Crippen LogP contribution in [0, 0.1) is 0 Å². The van der Waals surface area contributed by atoms with Gasteiger partial charge in [0.2, 0.25) is 5.91 Å². The van der Waals surface area contributed by atoms with Crippen molar-refractivity contribution in [2.45, 2.75) is 58.0 Å². The fourth-order valence-electron chi connectivity index (χ4n) is 2.93. The van der Waals surface area contributed by atoms with Crippen molar-refractivity contribution < 1.29 is 14.4 Å². The van der Waals surface area contributed by atoms with Crippen molar-refractivity contribution in [3.8, 4) is 0 Å². The van der Waals surface area contributed by atoms with Gasteiger partial charge in [0.05, 0.1) is 0 Å². The van der Waals surface area contributed by atoms with E-state index in [1.807, 2.05) is 13.8 Å². The molecule has 0 spiro atoms. The van der Waals surface area contributed by atoms with Gasteiger partial charge in [0, 0.05) is 36.3 Å². The number of carbonyl (C=O) groups is 3. The third kappa shape index (κ3) is 6.74. The summed E-state index contributed by atoms with van der Waals surface area (Å²) in [5, 5.41) is 11.1. The van der Waals surface area contributed by atoms with Gasteiger partial charge in [-0.1, -0.05) is 18.9 Å². The largest absolute Gasteiger partial charge is 0.353 e. The lowest BCUT2D eigenvalue weighted by Gasteiger charge is -2.12. The Morgan fingerprint density at radius 2 is 1.88 bits per heavy atom. The zero-order chi connectivity index (χ0) is 18.9. The Morgan fingerprint density at radius 3 is 2.58 bits per heavy atom. The van der Waals surface area contributed by atoms with E-state index < -0.39 is 0 Å². The van der Waals surface area contributed by atoms with Crippen molar-refractivity contribution in [1.29, 1.82) is 0 Å². The summed E-state index contributed by atoms with van der Waals surface area (Å²) in [6.45, 7) is 4.02. The number of amides is 4. The summed E-state index contributed by atoms with van der Waals surface area (Å²) in [5.41, 5.74) is 0.971. The third-order valence-corrected chi connectivity index (χ3v) is 4.16. The van der Waals surface area contributed by atoms with E-state index in [2.05, 4.69) is 21.3 Å². The quantitative estimate of drug-likeness (QED) is 0.601. The highest BCUT2D eigenvalue weighted by atomic mass is 16.2. The van der Waals surface area contributed by atoms with Gasteiger partial charge in [-0.05, 0) is 44.9 Å². The molecule has 0 atom stereocenters. The normalized spacial score (nSPS) is 14.1. The zero-order valence-corrected chi connectivity index (χ0v) is 15.4. The monoisotopic (exact) mass is 360 g/mol. The molecule has 0 aromatic heterocycles. The topological polar surface area (TPSA) is 99.3 Å². The lowest BCUT2D eigenvalue weighted by Crippen LogP contribution is -2.35. The molecule has 0 saturated heterocycles. The second kappa shape index (κ2) is 9.79. The van der Waals surface area contributed by atoms with E-state index in [1.165, 1.54) is 12.8 Å². The Hall–Kier alpha value is -2.57.